The molecule has 7 nitrogen and oxygen atoms in total. The molecule has 3 rings (SSSR count). The van der Waals surface area contributed by atoms with E-state index in [2.05, 4.69) is 42.2 Å². The number of carbonyl (C=O) groups excluding carboxylic acids is 1. The Kier molecular flexibility index (Phi) is 12.3. The molecule has 1 amide bonds. The van der Waals surface area contributed by atoms with E-state index in [0.29, 0.717) is 46.0 Å². The monoisotopic (exact) mass is 589 g/mol. The highest BCUT2D eigenvalue weighted by molar-refractivity contribution is 8.77. The van der Waals surface area contributed by atoms with Crippen molar-refractivity contribution in [1.29, 1.82) is 0 Å². The largest absolute Gasteiger partial charge is 0.383 e. The maximum Gasteiger partial charge on any atom is 0.251 e. The molecule has 0 radical (unpaired) electrons. The third kappa shape index (κ3) is 9.19. The first kappa shape index (κ1) is 30.3. The summed E-state index contributed by atoms with van der Waals surface area (Å²) in [5.74, 6) is -0.182. The molecule has 4 N–H and O–H groups in total. The SMILES string of the molecule is C#CP(Nc1ccc(C(=O)NCCNc2cccc3c(S(=O)O)cccc23)cc1)OCC(C)SSC(C)C. The van der Waals surface area contributed by atoms with Gasteiger partial charge in [-0.1, -0.05) is 66.6 Å². The molecule has 0 aliphatic heterocycles. The van der Waals surface area contributed by atoms with Crippen LogP contribution in [0.1, 0.15) is 31.1 Å². The zero-order valence-corrected chi connectivity index (χ0v) is 24.8. The number of anilines is 2. The second-order valence-electron chi connectivity index (χ2n) is 8.55. The zero-order chi connectivity index (χ0) is 27.5. The predicted molar refractivity (Wildman–Crippen MR) is 165 cm³/mol. The highest BCUT2D eigenvalue weighted by Gasteiger charge is 2.12. The summed E-state index contributed by atoms with van der Waals surface area (Å²) in [6.07, 6.45) is 5.65. The Balaban J connectivity index is 1.46. The minimum Gasteiger partial charge on any atom is -0.383 e. The smallest absolute Gasteiger partial charge is 0.251 e. The van der Waals surface area contributed by atoms with Crippen molar-refractivity contribution in [3.63, 3.8) is 0 Å². The summed E-state index contributed by atoms with van der Waals surface area (Å²) in [5.41, 5.74) is 4.84. The molecular weight excluding hydrogens is 557 g/mol. The van der Waals surface area contributed by atoms with Crippen LogP contribution in [0.15, 0.2) is 65.6 Å². The standard InChI is InChI=1S/C27H32N3O4PS3/c1-5-35(34-18-20(4)37-36-19(2)3)30-22-14-12-21(13-15-22)27(31)29-17-16-28-25-10-6-9-24-23(25)8-7-11-26(24)38(32)33/h1,6-15,19-20,28,30H,16-18H2,2-4H3,(H,29,31)(H,32,33). The summed E-state index contributed by atoms with van der Waals surface area (Å²) in [6, 6.07) is 17.9. The molecule has 0 aliphatic carbocycles. The first-order valence-electron chi connectivity index (χ1n) is 12.0. The molecule has 0 aliphatic rings. The van der Waals surface area contributed by atoms with Gasteiger partial charge in [0.05, 0.1) is 11.5 Å². The number of rotatable bonds is 14. The summed E-state index contributed by atoms with van der Waals surface area (Å²) in [4.78, 5) is 13.0. The lowest BCUT2D eigenvalue weighted by atomic mass is 10.1. The number of hydrogen-bond acceptors (Lipinski definition) is 7. The minimum absolute atomic E-state index is 0.182. The van der Waals surface area contributed by atoms with Crippen molar-refractivity contribution in [2.45, 2.75) is 36.2 Å². The normalized spacial score (nSPS) is 13.5. The van der Waals surface area contributed by atoms with Crippen molar-refractivity contribution < 1.29 is 18.1 Å². The number of fused-ring (bicyclic) bond motifs is 1. The highest BCUT2D eigenvalue weighted by atomic mass is 33.1. The van der Waals surface area contributed by atoms with Crippen LogP contribution >= 0.6 is 29.9 Å². The molecule has 3 atom stereocenters. The molecule has 0 fully saturated rings. The maximum atomic E-state index is 12.6. The van der Waals surface area contributed by atoms with Crippen LogP contribution in [0.3, 0.4) is 0 Å². The van der Waals surface area contributed by atoms with Gasteiger partial charge in [-0.05, 0) is 42.1 Å². The van der Waals surface area contributed by atoms with Gasteiger partial charge in [-0.25, -0.2) is 4.21 Å². The molecule has 0 saturated carbocycles. The van der Waals surface area contributed by atoms with Crippen molar-refractivity contribution in [2.75, 3.05) is 30.1 Å². The van der Waals surface area contributed by atoms with Gasteiger partial charge in [0.25, 0.3) is 5.91 Å². The molecule has 0 bridgehead atoms. The number of terminal acetylenes is 1. The third-order valence-electron chi connectivity index (χ3n) is 5.14. The van der Waals surface area contributed by atoms with Crippen LogP contribution in [0.25, 0.3) is 10.8 Å². The summed E-state index contributed by atoms with van der Waals surface area (Å²) in [5, 5.41) is 11.9. The molecule has 3 aromatic carbocycles. The predicted octanol–water partition coefficient (Wildman–Crippen LogP) is 6.77. The Labute approximate surface area is 236 Å². The summed E-state index contributed by atoms with van der Waals surface area (Å²) >= 11 is -2.06. The number of carbonyl (C=O) groups is 1. The van der Waals surface area contributed by atoms with E-state index in [9.17, 15) is 13.6 Å². The van der Waals surface area contributed by atoms with E-state index >= 15 is 0 Å². The molecule has 0 aromatic heterocycles. The van der Waals surface area contributed by atoms with E-state index in [4.69, 9.17) is 10.9 Å². The Bertz CT molecular complexity index is 1280. The first-order valence-corrected chi connectivity index (χ1v) is 16.7. The van der Waals surface area contributed by atoms with Gasteiger partial charge in [0.1, 0.15) is 0 Å². The van der Waals surface area contributed by atoms with Crippen molar-refractivity contribution in [2.24, 2.45) is 0 Å². The van der Waals surface area contributed by atoms with Crippen LogP contribution in [0.5, 0.6) is 0 Å². The summed E-state index contributed by atoms with van der Waals surface area (Å²) in [7, 11) is 2.36. The number of hydrogen-bond donors (Lipinski definition) is 4. The van der Waals surface area contributed by atoms with E-state index in [0.717, 1.165) is 16.8 Å². The molecule has 3 unspecified atom stereocenters. The Morgan fingerprint density at radius 2 is 1.76 bits per heavy atom. The second kappa shape index (κ2) is 15.4. The highest BCUT2D eigenvalue weighted by Crippen LogP contribution is 2.38. The molecule has 11 heteroatoms. The van der Waals surface area contributed by atoms with Crippen LogP contribution < -0.4 is 15.7 Å². The molecule has 202 valence electrons. The Hall–Kier alpha value is -2.25. The van der Waals surface area contributed by atoms with Gasteiger partial charge in [-0.15, -0.1) is 6.42 Å². The van der Waals surface area contributed by atoms with Crippen LogP contribution in [0, 0.1) is 12.1 Å². The molecule has 0 saturated heterocycles. The van der Waals surface area contributed by atoms with Crippen molar-refractivity contribution in [3.05, 3.63) is 66.2 Å². The number of benzene rings is 3. The fraction of sp³-hybridized carbons (Fsp3) is 0.296. The van der Waals surface area contributed by atoms with Crippen molar-refractivity contribution in [3.8, 4) is 12.1 Å². The number of nitrogens with one attached hydrogen (secondary N) is 3. The van der Waals surface area contributed by atoms with Crippen molar-refractivity contribution >= 4 is 69.0 Å². The molecule has 0 heterocycles. The fourth-order valence-corrected chi connectivity index (χ4v) is 6.95. The Morgan fingerprint density at radius 1 is 1.05 bits per heavy atom. The van der Waals surface area contributed by atoms with E-state index in [1.54, 1.807) is 35.1 Å². The molecule has 0 spiro atoms. The van der Waals surface area contributed by atoms with E-state index in [1.807, 2.05) is 47.2 Å². The quantitative estimate of drug-likeness (QED) is 0.0538. The van der Waals surface area contributed by atoms with Crippen LogP contribution in [-0.4, -0.2) is 44.9 Å². The molecule has 38 heavy (non-hydrogen) atoms. The van der Waals surface area contributed by atoms with Gasteiger partial charge in [-0.3, -0.25) is 4.79 Å². The fourth-order valence-electron chi connectivity index (χ4n) is 3.39. The lowest BCUT2D eigenvalue weighted by Gasteiger charge is -2.17. The van der Waals surface area contributed by atoms with Gasteiger partial charge >= 0.3 is 0 Å². The van der Waals surface area contributed by atoms with E-state index < -0.39 is 19.4 Å². The van der Waals surface area contributed by atoms with Crippen molar-refractivity contribution in [1.82, 2.24) is 5.32 Å². The zero-order valence-electron chi connectivity index (χ0n) is 21.5. The summed E-state index contributed by atoms with van der Waals surface area (Å²) < 4.78 is 27.0. The second-order valence-corrected chi connectivity index (χ2v) is 14.1. The lowest BCUT2D eigenvalue weighted by Crippen LogP contribution is -2.28. The van der Waals surface area contributed by atoms with Gasteiger partial charge in [0.2, 0.25) is 8.30 Å². The van der Waals surface area contributed by atoms with E-state index in [1.165, 1.54) is 0 Å². The topological polar surface area (TPSA) is 99.7 Å². The van der Waals surface area contributed by atoms with Gasteiger partial charge in [0, 0.05) is 51.3 Å². The molecular formula is C27H32N3O4PS3. The maximum absolute atomic E-state index is 12.6. The van der Waals surface area contributed by atoms with Gasteiger partial charge in [-0.2, -0.15) is 0 Å². The Morgan fingerprint density at radius 3 is 2.45 bits per heavy atom. The number of amides is 1. The third-order valence-corrected chi connectivity index (χ3v) is 10.4. The molecule has 3 aromatic rings. The van der Waals surface area contributed by atoms with Crippen LogP contribution in [0.4, 0.5) is 11.4 Å². The van der Waals surface area contributed by atoms with Crippen LogP contribution in [0.2, 0.25) is 0 Å². The van der Waals surface area contributed by atoms with Gasteiger partial charge < -0.3 is 24.8 Å². The van der Waals surface area contributed by atoms with Crippen LogP contribution in [-0.2, 0) is 15.6 Å². The lowest BCUT2D eigenvalue weighted by molar-refractivity contribution is 0.0955. The van der Waals surface area contributed by atoms with Gasteiger partial charge in [0.15, 0.2) is 11.1 Å². The average molecular weight is 590 g/mol. The average Bonchev–Trinajstić information content (AvgIpc) is 2.92. The first-order chi connectivity index (χ1) is 18.3. The summed E-state index contributed by atoms with van der Waals surface area (Å²) in [6.45, 7) is 7.90. The van der Waals surface area contributed by atoms with E-state index in [-0.39, 0.29) is 5.91 Å². The minimum atomic E-state index is -2.06.